The van der Waals surface area contributed by atoms with Gasteiger partial charge in [-0.1, -0.05) is 11.2 Å². The molecule has 110 valence electrons. The van der Waals surface area contributed by atoms with Crippen molar-refractivity contribution in [3.8, 4) is 17.3 Å². The van der Waals surface area contributed by atoms with Crippen molar-refractivity contribution in [2.45, 2.75) is 18.8 Å². The summed E-state index contributed by atoms with van der Waals surface area (Å²) in [4.78, 5) is 16.2. The number of halogens is 1. The first kappa shape index (κ1) is 12.9. The van der Waals surface area contributed by atoms with Gasteiger partial charge in [0.05, 0.1) is 5.69 Å². The highest BCUT2D eigenvalue weighted by atomic mass is 19.1. The molecule has 1 saturated carbocycles. The fraction of sp³-hybridized carbons (Fsp3) is 0.200. The van der Waals surface area contributed by atoms with E-state index in [0.29, 0.717) is 17.4 Å². The average Bonchev–Trinajstić information content (AvgIpc) is 3.26. The van der Waals surface area contributed by atoms with Crippen LogP contribution in [0.1, 0.15) is 24.6 Å². The van der Waals surface area contributed by atoms with Crippen molar-refractivity contribution in [2.75, 3.05) is 0 Å². The smallest absolute Gasteiger partial charge is 0.282 e. The second kappa shape index (κ2) is 4.87. The molecule has 0 N–H and O–H groups in total. The minimum Gasteiger partial charge on any atom is -0.332 e. The molecule has 0 amide bonds. The summed E-state index contributed by atoms with van der Waals surface area (Å²) in [5, 5.41) is 8.07. The van der Waals surface area contributed by atoms with E-state index in [4.69, 9.17) is 4.52 Å². The lowest BCUT2D eigenvalue weighted by Crippen LogP contribution is -2.12. The molecular formula is C15H11FN4O2. The SMILES string of the molecule is O=c1ccn(-c2cccc(F)c2)nc1-c1nc(C2CC2)no1. The third kappa shape index (κ3) is 2.30. The Balaban J connectivity index is 1.78. The number of rotatable bonds is 3. The molecule has 3 aromatic rings. The Hall–Kier alpha value is -2.83. The fourth-order valence-corrected chi connectivity index (χ4v) is 2.16. The Morgan fingerprint density at radius 2 is 2.14 bits per heavy atom. The molecule has 0 radical (unpaired) electrons. The molecule has 1 fully saturated rings. The van der Waals surface area contributed by atoms with E-state index in [1.54, 1.807) is 12.1 Å². The van der Waals surface area contributed by atoms with Gasteiger partial charge in [-0.15, -0.1) is 0 Å². The average molecular weight is 298 g/mol. The largest absolute Gasteiger partial charge is 0.332 e. The summed E-state index contributed by atoms with van der Waals surface area (Å²) in [6.07, 6.45) is 3.54. The Bertz CT molecular complexity index is 898. The Kier molecular flexibility index (Phi) is 2.85. The quantitative estimate of drug-likeness (QED) is 0.741. The molecule has 2 heterocycles. The van der Waals surface area contributed by atoms with E-state index in [1.165, 1.54) is 29.1 Å². The van der Waals surface area contributed by atoms with E-state index < -0.39 is 0 Å². The van der Waals surface area contributed by atoms with Gasteiger partial charge in [-0.25, -0.2) is 9.07 Å². The van der Waals surface area contributed by atoms with Crippen LogP contribution in [-0.4, -0.2) is 19.9 Å². The summed E-state index contributed by atoms with van der Waals surface area (Å²) in [6.45, 7) is 0. The van der Waals surface area contributed by atoms with Crippen LogP contribution in [-0.2, 0) is 0 Å². The van der Waals surface area contributed by atoms with Crippen LogP contribution < -0.4 is 5.43 Å². The predicted octanol–water partition coefficient (Wildman–Crippen LogP) is 2.30. The lowest BCUT2D eigenvalue weighted by atomic mass is 10.3. The van der Waals surface area contributed by atoms with Crippen molar-refractivity contribution in [2.24, 2.45) is 0 Å². The maximum absolute atomic E-state index is 13.3. The zero-order chi connectivity index (χ0) is 15.1. The minimum absolute atomic E-state index is 0.0613. The van der Waals surface area contributed by atoms with Crippen molar-refractivity contribution in [1.82, 2.24) is 19.9 Å². The van der Waals surface area contributed by atoms with Gasteiger partial charge in [-0.3, -0.25) is 4.79 Å². The normalized spacial score (nSPS) is 14.2. The van der Waals surface area contributed by atoms with E-state index in [-0.39, 0.29) is 22.8 Å². The van der Waals surface area contributed by atoms with Crippen molar-refractivity contribution in [3.05, 3.63) is 58.4 Å². The van der Waals surface area contributed by atoms with Gasteiger partial charge in [-0.2, -0.15) is 10.1 Å². The van der Waals surface area contributed by atoms with E-state index in [9.17, 15) is 9.18 Å². The van der Waals surface area contributed by atoms with Gasteiger partial charge in [-0.05, 0) is 31.0 Å². The maximum atomic E-state index is 13.3. The van der Waals surface area contributed by atoms with E-state index in [2.05, 4.69) is 15.2 Å². The fourth-order valence-electron chi connectivity index (χ4n) is 2.16. The maximum Gasteiger partial charge on any atom is 0.282 e. The van der Waals surface area contributed by atoms with Gasteiger partial charge in [0.1, 0.15) is 5.82 Å². The third-order valence-electron chi connectivity index (χ3n) is 3.47. The van der Waals surface area contributed by atoms with Gasteiger partial charge in [0, 0.05) is 18.2 Å². The summed E-state index contributed by atoms with van der Waals surface area (Å²) in [7, 11) is 0. The number of benzene rings is 1. The summed E-state index contributed by atoms with van der Waals surface area (Å²) < 4.78 is 19.9. The van der Waals surface area contributed by atoms with E-state index in [1.807, 2.05) is 0 Å². The number of hydrogen-bond acceptors (Lipinski definition) is 5. The highest BCUT2D eigenvalue weighted by molar-refractivity contribution is 5.46. The molecule has 1 aromatic carbocycles. The molecule has 0 bridgehead atoms. The standard InChI is InChI=1S/C15H11FN4O2/c16-10-2-1-3-11(8-10)20-7-6-12(21)13(18-20)15-17-14(19-22-15)9-4-5-9/h1-3,6-9H,4-5H2. The molecule has 2 aromatic heterocycles. The Morgan fingerprint density at radius 3 is 2.91 bits per heavy atom. The molecule has 1 aliphatic rings. The molecule has 1 aliphatic carbocycles. The summed E-state index contributed by atoms with van der Waals surface area (Å²) in [5.41, 5.74) is 0.244. The predicted molar refractivity (Wildman–Crippen MR) is 75.1 cm³/mol. The second-order valence-electron chi connectivity index (χ2n) is 5.19. The van der Waals surface area contributed by atoms with Gasteiger partial charge in [0.15, 0.2) is 11.5 Å². The topological polar surface area (TPSA) is 73.8 Å². The zero-order valence-corrected chi connectivity index (χ0v) is 11.4. The first-order valence-electron chi connectivity index (χ1n) is 6.90. The molecule has 4 rings (SSSR count). The van der Waals surface area contributed by atoms with Crippen LogP contribution in [0.3, 0.4) is 0 Å². The van der Waals surface area contributed by atoms with Crippen LogP contribution in [0.2, 0.25) is 0 Å². The van der Waals surface area contributed by atoms with Crippen LogP contribution >= 0.6 is 0 Å². The van der Waals surface area contributed by atoms with Gasteiger partial charge in [0.2, 0.25) is 5.43 Å². The van der Waals surface area contributed by atoms with Crippen molar-refractivity contribution in [1.29, 1.82) is 0 Å². The highest BCUT2D eigenvalue weighted by Crippen LogP contribution is 2.38. The van der Waals surface area contributed by atoms with Gasteiger partial charge < -0.3 is 4.52 Å². The molecule has 0 unspecified atom stereocenters. The van der Waals surface area contributed by atoms with Crippen molar-refractivity contribution in [3.63, 3.8) is 0 Å². The molecule has 22 heavy (non-hydrogen) atoms. The molecule has 6 nitrogen and oxygen atoms in total. The first-order valence-corrected chi connectivity index (χ1v) is 6.90. The molecular weight excluding hydrogens is 287 g/mol. The van der Waals surface area contributed by atoms with Gasteiger partial charge >= 0.3 is 0 Å². The minimum atomic E-state index is -0.381. The van der Waals surface area contributed by atoms with E-state index >= 15 is 0 Å². The van der Waals surface area contributed by atoms with Gasteiger partial charge in [0.25, 0.3) is 5.89 Å². The summed E-state index contributed by atoms with van der Waals surface area (Å²) in [5.74, 6) is 0.648. The van der Waals surface area contributed by atoms with E-state index in [0.717, 1.165) is 12.8 Å². The van der Waals surface area contributed by atoms with Crippen molar-refractivity contribution < 1.29 is 8.91 Å². The number of aromatic nitrogens is 4. The van der Waals surface area contributed by atoms with Crippen LogP contribution in [0, 0.1) is 5.82 Å². The lowest BCUT2D eigenvalue weighted by Gasteiger charge is -2.05. The van der Waals surface area contributed by atoms with Crippen LogP contribution in [0.4, 0.5) is 4.39 Å². The summed E-state index contributed by atoms with van der Waals surface area (Å²) in [6, 6.07) is 7.27. The molecule has 7 heteroatoms. The number of nitrogens with zero attached hydrogens (tertiary/aromatic N) is 4. The van der Waals surface area contributed by atoms with Crippen molar-refractivity contribution >= 4 is 0 Å². The Labute approximate surface area is 124 Å². The van der Waals surface area contributed by atoms with Crippen LogP contribution in [0.25, 0.3) is 17.3 Å². The zero-order valence-electron chi connectivity index (χ0n) is 11.4. The Morgan fingerprint density at radius 1 is 1.27 bits per heavy atom. The first-order chi connectivity index (χ1) is 10.7. The molecule has 0 atom stereocenters. The molecule has 0 aliphatic heterocycles. The second-order valence-corrected chi connectivity index (χ2v) is 5.19. The highest BCUT2D eigenvalue weighted by Gasteiger charge is 2.29. The third-order valence-corrected chi connectivity index (χ3v) is 3.47. The summed E-state index contributed by atoms with van der Waals surface area (Å²) >= 11 is 0. The lowest BCUT2D eigenvalue weighted by molar-refractivity contribution is 0.420. The molecule has 0 saturated heterocycles. The van der Waals surface area contributed by atoms with Crippen LogP contribution in [0.15, 0.2) is 45.8 Å². The number of hydrogen-bond donors (Lipinski definition) is 0. The monoisotopic (exact) mass is 298 g/mol. The molecule has 0 spiro atoms. The van der Waals surface area contributed by atoms with Crippen LogP contribution in [0.5, 0.6) is 0 Å².